The average molecular weight is 102 g/mol. The minimum absolute atomic E-state index is 0.639. The van der Waals surface area contributed by atoms with Crippen molar-refractivity contribution >= 4 is 6.04 Å². The molecule has 7 heavy (non-hydrogen) atoms. The van der Waals surface area contributed by atoms with Gasteiger partial charge in [-0.15, -0.1) is 6.58 Å². The van der Waals surface area contributed by atoms with Crippen LogP contribution >= 0.6 is 0 Å². The first-order chi connectivity index (χ1) is 3.18. The van der Waals surface area contributed by atoms with Crippen LogP contribution in [0.1, 0.15) is 6.92 Å². The van der Waals surface area contributed by atoms with E-state index in [0.717, 1.165) is 0 Å². The van der Waals surface area contributed by atoms with Gasteiger partial charge in [0.15, 0.2) is 0 Å². The summed E-state index contributed by atoms with van der Waals surface area (Å²) in [5.41, 5.74) is 0. The van der Waals surface area contributed by atoms with Crippen LogP contribution < -0.4 is 0 Å². The lowest BCUT2D eigenvalue weighted by Gasteiger charge is -1.89. The fourth-order valence-electron chi connectivity index (χ4n) is 0.0927. The zero-order chi connectivity index (χ0) is 5.86. The number of rotatable bonds is 2. The van der Waals surface area contributed by atoms with Crippen molar-refractivity contribution in [3.8, 4) is 0 Å². The third kappa shape index (κ3) is 2.09. The lowest BCUT2D eigenvalue weighted by molar-refractivity contribution is -0.131. The molecule has 0 aromatic heterocycles. The quantitative estimate of drug-likeness (QED) is 0.379. The van der Waals surface area contributed by atoms with E-state index in [0.29, 0.717) is 0 Å². The van der Waals surface area contributed by atoms with E-state index in [2.05, 4.69) is 6.58 Å². The van der Waals surface area contributed by atoms with Crippen LogP contribution in [0.25, 0.3) is 0 Å². The van der Waals surface area contributed by atoms with Gasteiger partial charge in [-0.1, -0.05) is 6.08 Å². The van der Waals surface area contributed by atoms with Crippen molar-refractivity contribution in [2.45, 2.75) is 6.92 Å². The van der Waals surface area contributed by atoms with Crippen molar-refractivity contribution in [3.63, 3.8) is 0 Å². The fourth-order valence-corrected chi connectivity index (χ4v) is 0.0927. The topological polar surface area (TPSA) is 17.1 Å². The molecule has 0 aromatic carbocycles. The Hall–Kier alpha value is -0.660. The van der Waals surface area contributed by atoms with Crippen molar-refractivity contribution in [2.75, 3.05) is 0 Å². The van der Waals surface area contributed by atoms with Gasteiger partial charge in [0.1, 0.15) is 0 Å². The van der Waals surface area contributed by atoms with Crippen LogP contribution in [-0.4, -0.2) is 6.04 Å². The molecule has 0 aromatic rings. The molecule has 1 unspecified atom stereocenters. The van der Waals surface area contributed by atoms with Gasteiger partial charge in [-0.05, 0) is 6.92 Å². The van der Waals surface area contributed by atoms with Crippen LogP contribution in [0.3, 0.4) is 0 Å². The zero-order valence-electron chi connectivity index (χ0n) is 4.15. The summed E-state index contributed by atoms with van der Waals surface area (Å²) in [6.07, 6.45) is 1.27. The average Bonchev–Trinajstić information content (AvgIpc) is 1.65. The van der Waals surface area contributed by atoms with E-state index >= 15 is 0 Å². The van der Waals surface area contributed by atoms with Crippen LogP contribution in [0.15, 0.2) is 12.7 Å². The molecule has 0 saturated heterocycles. The molecule has 0 aliphatic rings. The first-order valence-electron chi connectivity index (χ1n) is 2.00. The minimum atomic E-state index is -1.32. The molecule has 0 N–H and O–H groups in total. The smallest absolute Gasteiger partial charge is 0.261 e. The summed E-state index contributed by atoms with van der Waals surface area (Å²) in [6, 6.07) is -1.32. The number of allylic oxidation sites excluding steroid dienone is 1. The Balaban J connectivity index is 3.55. The van der Waals surface area contributed by atoms with E-state index in [-0.39, 0.29) is 0 Å². The van der Waals surface area contributed by atoms with Gasteiger partial charge in [-0.3, -0.25) is 4.79 Å². The monoisotopic (exact) mass is 102 g/mol. The molecular weight excluding hydrogens is 95.1 g/mol. The second kappa shape index (κ2) is 2.50. The maximum absolute atomic E-state index is 11.4. The first kappa shape index (κ1) is 6.34. The zero-order valence-corrected chi connectivity index (χ0v) is 4.15. The number of carbonyl (C=O) groups is 1. The summed E-state index contributed by atoms with van der Waals surface area (Å²) < 4.78 is 11.4. The van der Waals surface area contributed by atoms with Crippen LogP contribution in [0.5, 0.6) is 0 Å². The third-order valence-corrected chi connectivity index (χ3v) is 0.712. The standard InChI is InChI=1S/C5H7FO/c1-3-4(2)5(6)7/h3-4H,1H2,2H3. The lowest BCUT2D eigenvalue weighted by Crippen LogP contribution is -1.98. The van der Waals surface area contributed by atoms with Gasteiger partial charge >= 0.3 is 6.04 Å². The SMILES string of the molecule is C=CC(C)C(=O)F. The van der Waals surface area contributed by atoms with Gasteiger partial charge in [0.05, 0.1) is 5.92 Å². The summed E-state index contributed by atoms with van der Waals surface area (Å²) in [5.74, 6) is -0.639. The van der Waals surface area contributed by atoms with Gasteiger partial charge < -0.3 is 0 Å². The second-order valence-electron chi connectivity index (χ2n) is 1.33. The normalized spacial score (nSPS) is 12.9. The number of carbonyl (C=O) groups excluding carboxylic acids is 1. The molecule has 0 aliphatic carbocycles. The predicted molar refractivity (Wildman–Crippen MR) is 25.5 cm³/mol. The minimum Gasteiger partial charge on any atom is -0.261 e. The van der Waals surface area contributed by atoms with Crippen molar-refractivity contribution in [3.05, 3.63) is 12.7 Å². The van der Waals surface area contributed by atoms with Gasteiger partial charge in [0.25, 0.3) is 0 Å². The molecule has 0 heterocycles. The van der Waals surface area contributed by atoms with Gasteiger partial charge in [-0.2, -0.15) is 4.39 Å². The van der Waals surface area contributed by atoms with Crippen LogP contribution in [-0.2, 0) is 4.79 Å². The number of halogens is 1. The molecule has 1 atom stereocenters. The summed E-state index contributed by atoms with van der Waals surface area (Å²) in [5, 5.41) is 0. The summed E-state index contributed by atoms with van der Waals surface area (Å²) in [4.78, 5) is 9.64. The van der Waals surface area contributed by atoms with Gasteiger partial charge in [0, 0.05) is 0 Å². The third-order valence-electron chi connectivity index (χ3n) is 0.712. The van der Waals surface area contributed by atoms with E-state index in [1.807, 2.05) is 0 Å². The highest BCUT2D eigenvalue weighted by atomic mass is 19.1. The molecule has 40 valence electrons. The summed E-state index contributed by atoms with van der Waals surface area (Å²) in [7, 11) is 0. The maximum atomic E-state index is 11.4. The van der Waals surface area contributed by atoms with Gasteiger partial charge in [0.2, 0.25) is 0 Å². The molecule has 0 saturated carbocycles. The Bertz CT molecular complexity index is 88.1. The molecular formula is C5H7FO. The summed E-state index contributed by atoms with van der Waals surface area (Å²) >= 11 is 0. The van der Waals surface area contributed by atoms with Gasteiger partial charge in [-0.25, -0.2) is 0 Å². The van der Waals surface area contributed by atoms with Crippen molar-refractivity contribution in [1.82, 2.24) is 0 Å². The van der Waals surface area contributed by atoms with Crippen LogP contribution in [0.4, 0.5) is 4.39 Å². The maximum Gasteiger partial charge on any atom is 0.307 e. The van der Waals surface area contributed by atoms with Crippen molar-refractivity contribution in [2.24, 2.45) is 5.92 Å². The molecule has 0 rings (SSSR count). The highest BCUT2D eigenvalue weighted by molar-refractivity contribution is 5.72. The summed E-state index contributed by atoms with van der Waals surface area (Å²) in [6.45, 7) is 4.67. The molecule has 0 radical (unpaired) electrons. The number of hydrogen-bond donors (Lipinski definition) is 0. The highest BCUT2D eigenvalue weighted by Gasteiger charge is 2.03. The second-order valence-corrected chi connectivity index (χ2v) is 1.33. The molecule has 2 heteroatoms. The Morgan fingerprint density at radius 2 is 2.43 bits per heavy atom. The molecule has 0 bridgehead atoms. The largest absolute Gasteiger partial charge is 0.307 e. The lowest BCUT2D eigenvalue weighted by atomic mass is 10.2. The van der Waals surface area contributed by atoms with E-state index in [9.17, 15) is 9.18 Å². The molecule has 0 spiro atoms. The molecule has 0 fully saturated rings. The Labute approximate surface area is 41.8 Å². The molecule has 0 aliphatic heterocycles. The highest BCUT2D eigenvalue weighted by Crippen LogP contribution is 1.96. The van der Waals surface area contributed by atoms with E-state index in [1.165, 1.54) is 13.0 Å². The number of hydrogen-bond acceptors (Lipinski definition) is 1. The predicted octanol–water partition coefficient (Wildman–Crippen LogP) is 1.30. The van der Waals surface area contributed by atoms with Crippen molar-refractivity contribution in [1.29, 1.82) is 0 Å². The molecule has 0 amide bonds. The van der Waals surface area contributed by atoms with E-state index < -0.39 is 12.0 Å². The Kier molecular flexibility index (Phi) is 2.27. The fraction of sp³-hybridized carbons (Fsp3) is 0.400. The van der Waals surface area contributed by atoms with Crippen LogP contribution in [0, 0.1) is 5.92 Å². The first-order valence-corrected chi connectivity index (χ1v) is 2.00. The van der Waals surface area contributed by atoms with Crippen molar-refractivity contribution < 1.29 is 9.18 Å². The van der Waals surface area contributed by atoms with E-state index in [4.69, 9.17) is 0 Å². The van der Waals surface area contributed by atoms with Crippen LogP contribution in [0.2, 0.25) is 0 Å². The Morgan fingerprint density at radius 3 is 2.43 bits per heavy atom. The Morgan fingerprint density at radius 1 is 2.00 bits per heavy atom. The van der Waals surface area contributed by atoms with E-state index in [1.54, 1.807) is 0 Å². The molecule has 1 nitrogen and oxygen atoms in total.